The Morgan fingerprint density at radius 2 is 1.33 bits per heavy atom. The van der Waals surface area contributed by atoms with Gasteiger partial charge in [-0.05, 0) is 93.5 Å². The Bertz CT molecular complexity index is 1430. The van der Waals surface area contributed by atoms with Gasteiger partial charge in [0.05, 0.1) is 30.3 Å². The van der Waals surface area contributed by atoms with E-state index in [1.807, 2.05) is 6.92 Å². The standard InChI is InChI=1S/C38H60O17/c1-16-12-37-10-6-20-35(3,8-5-9-36(20,4)34(49)54-32-29(48)26(45)23(42)18(13-39)51-32)21(37)7-11-38(16,15-37)55-33-30(27(46)24(43)19(14-40)52-33)53-31-28(47)25(44)22(41)17(2)50-31/h17-33,39-48H,1,5-15H2,2-4H3/t17-,18-,19-,20?,21?,22-,23-,24-,25+,26+,27+,28-,29-,30-,31+,32+,33+,35-,36-,37-,38+/m1/s1. The highest BCUT2D eigenvalue weighted by Crippen LogP contribution is 2.73. The van der Waals surface area contributed by atoms with Crippen molar-refractivity contribution in [2.75, 3.05) is 13.2 Å². The van der Waals surface area contributed by atoms with E-state index in [2.05, 4.69) is 13.5 Å². The molecule has 10 N–H and O–H groups in total. The lowest BCUT2D eigenvalue weighted by Gasteiger charge is -2.64. The number of aliphatic hydroxyl groups is 10. The van der Waals surface area contributed by atoms with Gasteiger partial charge < -0.3 is 79.5 Å². The number of esters is 1. The van der Waals surface area contributed by atoms with Crippen molar-refractivity contribution in [1.82, 2.24) is 0 Å². The maximum absolute atomic E-state index is 14.1. The van der Waals surface area contributed by atoms with Crippen LogP contribution in [0.25, 0.3) is 0 Å². The normalized spacial score (nSPS) is 55.4. The molecule has 314 valence electrons. The zero-order valence-electron chi connectivity index (χ0n) is 31.6. The number of rotatable bonds is 8. The first kappa shape index (κ1) is 41.8. The molecule has 1 spiro atoms. The quantitative estimate of drug-likeness (QED) is 0.0730. The Kier molecular flexibility index (Phi) is 11.4. The van der Waals surface area contributed by atoms with Crippen LogP contribution in [0, 0.1) is 28.1 Å². The van der Waals surface area contributed by atoms with E-state index < -0.39 is 122 Å². The van der Waals surface area contributed by atoms with Crippen molar-refractivity contribution in [1.29, 1.82) is 0 Å². The molecule has 17 nitrogen and oxygen atoms in total. The minimum Gasteiger partial charge on any atom is -0.432 e. The monoisotopic (exact) mass is 788 g/mol. The number of hydrogen-bond donors (Lipinski definition) is 10. The van der Waals surface area contributed by atoms with Gasteiger partial charge in [-0.3, -0.25) is 4.79 Å². The van der Waals surface area contributed by atoms with Crippen molar-refractivity contribution < 1.29 is 84.3 Å². The Hall–Kier alpha value is -1.39. The summed E-state index contributed by atoms with van der Waals surface area (Å²) in [6.45, 7) is 8.81. The second-order valence-electron chi connectivity index (χ2n) is 18.0. The average Bonchev–Trinajstić information content (AvgIpc) is 3.35. The van der Waals surface area contributed by atoms with Crippen molar-refractivity contribution in [3.05, 3.63) is 12.2 Å². The average molecular weight is 789 g/mol. The maximum atomic E-state index is 14.1. The fraction of sp³-hybridized carbons (Fsp3) is 0.921. The molecule has 0 amide bonds. The van der Waals surface area contributed by atoms with Gasteiger partial charge in [0.2, 0.25) is 6.29 Å². The van der Waals surface area contributed by atoms with Crippen molar-refractivity contribution in [3.8, 4) is 0 Å². The Morgan fingerprint density at radius 1 is 0.727 bits per heavy atom. The third-order valence-electron chi connectivity index (χ3n) is 14.9. The Balaban J connectivity index is 1.10. The van der Waals surface area contributed by atoms with Gasteiger partial charge in [-0.1, -0.05) is 19.9 Å². The highest BCUT2D eigenvalue weighted by molar-refractivity contribution is 5.77. The van der Waals surface area contributed by atoms with Crippen LogP contribution in [-0.4, -0.2) is 168 Å². The smallest absolute Gasteiger partial charge is 0.314 e. The molecule has 17 heteroatoms. The molecule has 3 heterocycles. The predicted molar refractivity (Wildman–Crippen MR) is 185 cm³/mol. The largest absolute Gasteiger partial charge is 0.432 e. The fourth-order valence-electron chi connectivity index (χ4n) is 12.0. The van der Waals surface area contributed by atoms with E-state index in [4.69, 9.17) is 28.4 Å². The number of carbonyl (C=O) groups excluding carboxylic acids is 1. The van der Waals surface area contributed by atoms with E-state index in [0.29, 0.717) is 38.5 Å². The van der Waals surface area contributed by atoms with Gasteiger partial charge in [-0.25, -0.2) is 0 Å². The first-order valence-electron chi connectivity index (χ1n) is 19.7. The molecule has 21 atom stereocenters. The summed E-state index contributed by atoms with van der Waals surface area (Å²) in [4.78, 5) is 14.1. The van der Waals surface area contributed by atoms with Crippen LogP contribution in [-0.2, 0) is 33.2 Å². The summed E-state index contributed by atoms with van der Waals surface area (Å²) >= 11 is 0. The number of fused-ring (bicyclic) bond motifs is 3. The number of ether oxygens (including phenoxy) is 6. The molecule has 3 saturated heterocycles. The predicted octanol–water partition coefficient (Wildman–Crippen LogP) is -1.91. The molecular weight excluding hydrogens is 728 g/mol. The lowest BCUT2D eigenvalue weighted by Crippen LogP contribution is -2.65. The first-order chi connectivity index (χ1) is 25.9. The van der Waals surface area contributed by atoms with Gasteiger partial charge in [0.15, 0.2) is 12.6 Å². The molecule has 55 heavy (non-hydrogen) atoms. The van der Waals surface area contributed by atoms with Gasteiger partial charge >= 0.3 is 5.97 Å². The lowest BCUT2D eigenvalue weighted by atomic mass is 9.41. The van der Waals surface area contributed by atoms with Crippen LogP contribution in [0.5, 0.6) is 0 Å². The Labute approximate surface area is 319 Å². The molecule has 3 aliphatic heterocycles. The lowest BCUT2D eigenvalue weighted by molar-refractivity contribution is -0.376. The van der Waals surface area contributed by atoms with Gasteiger partial charge in [-0.2, -0.15) is 0 Å². The summed E-state index contributed by atoms with van der Waals surface area (Å²) in [7, 11) is 0. The highest BCUT2D eigenvalue weighted by Gasteiger charge is 2.69. The van der Waals surface area contributed by atoms with Crippen LogP contribution in [0.4, 0.5) is 0 Å². The van der Waals surface area contributed by atoms with E-state index in [1.165, 1.54) is 6.92 Å². The number of carbonyl (C=O) groups is 1. The summed E-state index contributed by atoms with van der Waals surface area (Å²) in [6.07, 6.45) is -16.2. The fourth-order valence-corrected chi connectivity index (χ4v) is 12.0. The van der Waals surface area contributed by atoms with E-state index in [1.54, 1.807) is 0 Å². The molecular formula is C38H60O17. The van der Waals surface area contributed by atoms with Gasteiger partial charge in [0, 0.05) is 0 Å². The van der Waals surface area contributed by atoms with Crippen molar-refractivity contribution >= 4 is 5.97 Å². The molecule has 0 aromatic heterocycles. The molecule has 7 fully saturated rings. The summed E-state index contributed by atoms with van der Waals surface area (Å²) in [5.41, 5.74) is -1.66. The highest BCUT2D eigenvalue weighted by atomic mass is 16.8. The second kappa shape index (κ2) is 15.0. The molecule has 0 radical (unpaired) electrons. The van der Waals surface area contributed by atoms with E-state index in [0.717, 1.165) is 24.8 Å². The third kappa shape index (κ3) is 6.63. The SMILES string of the molecule is C=C1C[C@@]23CCC4[C@@](C)(CCC[C@@]4(C)C(=O)O[C@@H]4O[C@H](CO)[C@@H](O)[C@H](O)[C@H]4O)C2CC[C@]1(O[C@@H]1O[C@H](CO)[C@@H](O)[C@H](O)[C@H]1O[C@@H]1O[C@H](C)[C@@H](O)[C@H](O)[C@H]1O)C3. The molecule has 0 aromatic rings. The van der Waals surface area contributed by atoms with Crippen LogP contribution in [0.1, 0.15) is 78.6 Å². The molecule has 0 aromatic carbocycles. The van der Waals surface area contributed by atoms with Crippen molar-refractivity contribution in [2.24, 2.45) is 28.1 Å². The van der Waals surface area contributed by atoms with Crippen LogP contribution in [0.15, 0.2) is 12.2 Å². The molecule has 7 rings (SSSR count). The zero-order valence-corrected chi connectivity index (χ0v) is 31.6. The molecule has 7 aliphatic rings. The summed E-state index contributed by atoms with van der Waals surface area (Å²) in [6, 6.07) is 0. The summed E-state index contributed by atoms with van der Waals surface area (Å²) in [5, 5.41) is 104. The number of aliphatic hydroxyl groups excluding tert-OH is 10. The first-order valence-corrected chi connectivity index (χ1v) is 19.7. The van der Waals surface area contributed by atoms with Crippen LogP contribution < -0.4 is 0 Å². The molecule has 2 bridgehead atoms. The third-order valence-corrected chi connectivity index (χ3v) is 14.9. The topological polar surface area (TPSA) is 275 Å². The maximum Gasteiger partial charge on any atom is 0.314 e. The molecule has 4 saturated carbocycles. The summed E-state index contributed by atoms with van der Waals surface area (Å²) in [5.74, 6) is -0.536. The Morgan fingerprint density at radius 3 is 2.00 bits per heavy atom. The molecule has 4 aliphatic carbocycles. The minimum absolute atomic E-state index is 0.108. The molecule has 2 unspecified atom stereocenters. The number of hydrogen-bond acceptors (Lipinski definition) is 17. The van der Waals surface area contributed by atoms with Crippen LogP contribution >= 0.6 is 0 Å². The second-order valence-corrected chi connectivity index (χ2v) is 18.0. The zero-order chi connectivity index (χ0) is 40.0. The van der Waals surface area contributed by atoms with Gasteiger partial charge in [-0.15, -0.1) is 0 Å². The summed E-state index contributed by atoms with van der Waals surface area (Å²) < 4.78 is 35.8. The van der Waals surface area contributed by atoms with E-state index in [-0.39, 0.29) is 22.7 Å². The van der Waals surface area contributed by atoms with E-state index >= 15 is 0 Å². The van der Waals surface area contributed by atoms with Crippen LogP contribution in [0.3, 0.4) is 0 Å². The van der Waals surface area contributed by atoms with Crippen molar-refractivity contribution in [2.45, 2.75) is 176 Å². The van der Waals surface area contributed by atoms with Crippen LogP contribution in [0.2, 0.25) is 0 Å². The van der Waals surface area contributed by atoms with Gasteiger partial charge in [0.1, 0.15) is 67.1 Å². The van der Waals surface area contributed by atoms with Gasteiger partial charge in [0.25, 0.3) is 0 Å². The van der Waals surface area contributed by atoms with Crippen molar-refractivity contribution in [3.63, 3.8) is 0 Å². The van der Waals surface area contributed by atoms with E-state index in [9.17, 15) is 55.9 Å². The minimum atomic E-state index is -1.70.